The molecule has 0 bridgehead atoms. The summed E-state index contributed by atoms with van der Waals surface area (Å²) >= 11 is 0. The van der Waals surface area contributed by atoms with Gasteiger partial charge in [0.2, 0.25) is 0 Å². The standard InChI is InChI=1S/C21H22N4O3/c1-4-15-6-8-16(9-7-15)20(26)22-23-21(27)17-11-12-25(24-17)18-13-14(2)5-10-19(18)28-3/h5-13H,4H2,1-3H3,(H,22,26)(H,23,27). The van der Waals surface area contributed by atoms with Gasteiger partial charge in [0.25, 0.3) is 11.8 Å². The van der Waals surface area contributed by atoms with Crippen LogP contribution in [0.15, 0.2) is 54.7 Å². The van der Waals surface area contributed by atoms with E-state index in [1.54, 1.807) is 36.2 Å². The monoisotopic (exact) mass is 378 g/mol. The molecule has 1 aromatic heterocycles. The van der Waals surface area contributed by atoms with E-state index in [0.717, 1.165) is 23.2 Å². The molecule has 0 unspecified atom stereocenters. The molecule has 0 atom stereocenters. The van der Waals surface area contributed by atoms with Crippen LogP contribution in [0.4, 0.5) is 0 Å². The summed E-state index contributed by atoms with van der Waals surface area (Å²) in [7, 11) is 1.58. The second kappa shape index (κ2) is 8.39. The quantitative estimate of drug-likeness (QED) is 0.669. The van der Waals surface area contributed by atoms with Gasteiger partial charge in [-0.2, -0.15) is 5.10 Å². The fourth-order valence-corrected chi connectivity index (χ4v) is 2.70. The number of hydrogen-bond acceptors (Lipinski definition) is 4. The first-order valence-corrected chi connectivity index (χ1v) is 8.92. The van der Waals surface area contributed by atoms with Crippen molar-refractivity contribution < 1.29 is 14.3 Å². The molecule has 2 aromatic carbocycles. The number of benzene rings is 2. The highest BCUT2D eigenvalue weighted by molar-refractivity contribution is 5.98. The van der Waals surface area contributed by atoms with Gasteiger partial charge < -0.3 is 4.74 Å². The first-order valence-electron chi connectivity index (χ1n) is 8.92. The highest BCUT2D eigenvalue weighted by Crippen LogP contribution is 2.23. The zero-order valence-corrected chi connectivity index (χ0v) is 16.0. The first kappa shape index (κ1) is 19.2. The maximum absolute atomic E-state index is 12.3. The Morgan fingerprint density at radius 1 is 1.04 bits per heavy atom. The fraction of sp³-hybridized carbons (Fsp3) is 0.190. The van der Waals surface area contributed by atoms with Crippen molar-refractivity contribution in [2.45, 2.75) is 20.3 Å². The van der Waals surface area contributed by atoms with E-state index in [9.17, 15) is 9.59 Å². The third-order valence-corrected chi connectivity index (χ3v) is 4.32. The molecule has 2 N–H and O–H groups in total. The average Bonchev–Trinajstić information content (AvgIpc) is 3.22. The van der Waals surface area contributed by atoms with Crippen LogP contribution in [0, 0.1) is 6.92 Å². The number of aromatic nitrogens is 2. The van der Waals surface area contributed by atoms with Gasteiger partial charge in [-0.15, -0.1) is 0 Å². The van der Waals surface area contributed by atoms with E-state index in [2.05, 4.69) is 16.0 Å². The molecule has 0 spiro atoms. The molecular weight excluding hydrogens is 356 g/mol. The molecule has 1 heterocycles. The molecule has 0 saturated heterocycles. The van der Waals surface area contributed by atoms with E-state index < -0.39 is 11.8 Å². The number of carbonyl (C=O) groups excluding carboxylic acids is 2. The number of aryl methyl sites for hydroxylation is 2. The van der Waals surface area contributed by atoms with Crippen LogP contribution in [0.1, 0.15) is 38.9 Å². The van der Waals surface area contributed by atoms with Crippen molar-refractivity contribution in [1.29, 1.82) is 0 Å². The van der Waals surface area contributed by atoms with E-state index in [1.807, 2.05) is 44.2 Å². The van der Waals surface area contributed by atoms with Crippen molar-refractivity contribution >= 4 is 11.8 Å². The molecule has 7 nitrogen and oxygen atoms in total. The molecule has 0 radical (unpaired) electrons. The van der Waals surface area contributed by atoms with Crippen molar-refractivity contribution in [2.75, 3.05) is 7.11 Å². The lowest BCUT2D eigenvalue weighted by Crippen LogP contribution is -2.41. The van der Waals surface area contributed by atoms with Crippen LogP contribution >= 0.6 is 0 Å². The van der Waals surface area contributed by atoms with Crippen LogP contribution in [0.5, 0.6) is 5.75 Å². The van der Waals surface area contributed by atoms with E-state index >= 15 is 0 Å². The highest BCUT2D eigenvalue weighted by atomic mass is 16.5. The maximum Gasteiger partial charge on any atom is 0.290 e. The minimum Gasteiger partial charge on any atom is -0.494 e. The lowest BCUT2D eigenvalue weighted by molar-refractivity contribution is 0.0843. The zero-order valence-electron chi connectivity index (χ0n) is 16.0. The summed E-state index contributed by atoms with van der Waals surface area (Å²) in [4.78, 5) is 24.5. The number of methoxy groups -OCH3 is 1. The molecule has 3 aromatic rings. The van der Waals surface area contributed by atoms with Crippen LogP contribution in [0.25, 0.3) is 5.69 Å². The average molecular weight is 378 g/mol. The molecule has 144 valence electrons. The van der Waals surface area contributed by atoms with Gasteiger partial charge in [0, 0.05) is 11.8 Å². The van der Waals surface area contributed by atoms with Crippen molar-refractivity contribution in [1.82, 2.24) is 20.6 Å². The predicted molar refractivity (Wildman–Crippen MR) is 106 cm³/mol. The third kappa shape index (κ3) is 4.20. The normalized spacial score (nSPS) is 10.4. The topological polar surface area (TPSA) is 85.2 Å². The van der Waals surface area contributed by atoms with Gasteiger partial charge in [-0.3, -0.25) is 20.4 Å². The lowest BCUT2D eigenvalue weighted by Gasteiger charge is -2.09. The lowest BCUT2D eigenvalue weighted by atomic mass is 10.1. The van der Waals surface area contributed by atoms with Gasteiger partial charge in [0.05, 0.1) is 7.11 Å². The second-order valence-electron chi connectivity index (χ2n) is 6.28. The van der Waals surface area contributed by atoms with Gasteiger partial charge >= 0.3 is 0 Å². The number of nitrogens with one attached hydrogen (secondary N) is 2. The van der Waals surface area contributed by atoms with Crippen molar-refractivity contribution in [2.24, 2.45) is 0 Å². The van der Waals surface area contributed by atoms with E-state index in [-0.39, 0.29) is 5.69 Å². The molecule has 0 fully saturated rings. The van der Waals surface area contributed by atoms with Crippen LogP contribution in [-0.4, -0.2) is 28.7 Å². The van der Waals surface area contributed by atoms with Crippen LogP contribution in [-0.2, 0) is 6.42 Å². The summed E-state index contributed by atoms with van der Waals surface area (Å²) in [5.74, 6) is -0.260. The Bertz CT molecular complexity index is 993. The maximum atomic E-state index is 12.3. The number of nitrogens with zero attached hydrogens (tertiary/aromatic N) is 2. The number of ether oxygens (including phenoxy) is 1. The van der Waals surface area contributed by atoms with Gasteiger partial charge in [-0.25, -0.2) is 4.68 Å². The SMILES string of the molecule is CCc1ccc(C(=O)NNC(=O)c2ccn(-c3cc(C)ccc3OC)n2)cc1. The molecular formula is C21H22N4O3. The first-order chi connectivity index (χ1) is 13.5. The summed E-state index contributed by atoms with van der Waals surface area (Å²) in [6.45, 7) is 4.00. The minimum absolute atomic E-state index is 0.171. The molecule has 3 rings (SSSR count). The summed E-state index contributed by atoms with van der Waals surface area (Å²) < 4.78 is 6.91. The smallest absolute Gasteiger partial charge is 0.290 e. The van der Waals surface area contributed by atoms with Crippen LogP contribution < -0.4 is 15.6 Å². The van der Waals surface area contributed by atoms with E-state index in [0.29, 0.717) is 11.3 Å². The molecule has 7 heteroatoms. The predicted octanol–water partition coefficient (Wildman–Crippen LogP) is 2.83. The van der Waals surface area contributed by atoms with Gasteiger partial charge in [0.15, 0.2) is 5.69 Å². The Hall–Kier alpha value is -3.61. The number of rotatable bonds is 5. The summed E-state index contributed by atoms with van der Waals surface area (Å²) in [5.41, 5.74) is 8.33. The molecule has 0 aliphatic carbocycles. The molecule has 2 amide bonds. The Kier molecular flexibility index (Phi) is 5.74. The zero-order chi connectivity index (χ0) is 20.1. The Labute approximate surface area is 163 Å². The largest absolute Gasteiger partial charge is 0.494 e. The van der Waals surface area contributed by atoms with Gasteiger partial charge in [-0.1, -0.05) is 25.1 Å². The number of amides is 2. The number of carbonyl (C=O) groups is 2. The molecule has 0 aliphatic rings. The second-order valence-corrected chi connectivity index (χ2v) is 6.28. The number of hydrazine groups is 1. The summed E-state index contributed by atoms with van der Waals surface area (Å²) in [6.07, 6.45) is 2.56. The Morgan fingerprint density at radius 2 is 1.75 bits per heavy atom. The Morgan fingerprint density at radius 3 is 2.43 bits per heavy atom. The van der Waals surface area contributed by atoms with Gasteiger partial charge in [0.1, 0.15) is 11.4 Å². The number of hydrogen-bond donors (Lipinski definition) is 2. The van der Waals surface area contributed by atoms with Crippen molar-refractivity contribution in [3.63, 3.8) is 0 Å². The van der Waals surface area contributed by atoms with Crippen LogP contribution in [0.3, 0.4) is 0 Å². The summed E-state index contributed by atoms with van der Waals surface area (Å²) in [5, 5.41) is 4.28. The van der Waals surface area contributed by atoms with Crippen LogP contribution in [0.2, 0.25) is 0 Å². The molecule has 28 heavy (non-hydrogen) atoms. The van der Waals surface area contributed by atoms with Crippen molar-refractivity contribution in [3.05, 3.63) is 77.1 Å². The molecule has 0 aliphatic heterocycles. The fourth-order valence-electron chi connectivity index (χ4n) is 2.70. The third-order valence-electron chi connectivity index (χ3n) is 4.32. The minimum atomic E-state index is -0.510. The summed E-state index contributed by atoms with van der Waals surface area (Å²) in [6, 6.07) is 14.5. The molecule has 0 saturated carbocycles. The van der Waals surface area contributed by atoms with E-state index in [1.165, 1.54) is 0 Å². The van der Waals surface area contributed by atoms with Crippen molar-refractivity contribution in [3.8, 4) is 11.4 Å². The Balaban J connectivity index is 1.67. The van der Waals surface area contributed by atoms with E-state index in [4.69, 9.17) is 4.74 Å². The van der Waals surface area contributed by atoms with Gasteiger partial charge in [-0.05, 0) is 54.8 Å². The highest BCUT2D eigenvalue weighted by Gasteiger charge is 2.14.